The fourth-order valence-corrected chi connectivity index (χ4v) is 3.43. The van der Waals surface area contributed by atoms with Gasteiger partial charge in [-0.1, -0.05) is 6.92 Å². The fraction of sp³-hybridized carbons (Fsp3) is 1.00. The molecule has 1 heterocycles. The lowest BCUT2D eigenvalue weighted by Crippen LogP contribution is -2.55. The molecule has 0 aliphatic carbocycles. The molecule has 3 heteroatoms. The normalized spacial score (nSPS) is 35.4. The monoisotopic (exact) mass is 230 g/mol. The third-order valence-electron chi connectivity index (χ3n) is 3.96. The first kappa shape index (κ1) is 13.3. The molecule has 0 radical (unpaired) electrons. The quantitative estimate of drug-likeness (QED) is 0.796. The van der Waals surface area contributed by atoms with Crippen molar-refractivity contribution in [1.29, 1.82) is 0 Å². The van der Waals surface area contributed by atoms with Crippen LogP contribution in [0.1, 0.15) is 27.2 Å². The molecule has 0 amide bonds. The predicted octanol–water partition coefficient (Wildman–Crippen LogP) is 2.06. The van der Waals surface area contributed by atoms with Crippen molar-refractivity contribution in [3.63, 3.8) is 0 Å². The van der Waals surface area contributed by atoms with E-state index in [4.69, 9.17) is 0 Å². The summed E-state index contributed by atoms with van der Waals surface area (Å²) < 4.78 is 0. The molecule has 90 valence electrons. The number of likely N-dealkylation sites (tertiary alicyclic amines) is 1. The summed E-state index contributed by atoms with van der Waals surface area (Å²) in [6.45, 7) is 8.37. The molecule has 1 aliphatic heterocycles. The molecule has 0 bridgehead atoms. The number of nitrogens with zero attached hydrogens (tertiary/aromatic N) is 1. The Morgan fingerprint density at radius 2 is 2.13 bits per heavy atom. The van der Waals surface area contributed by atoms with E-state index in [9.17, 15) is 0 Å². The second kappa shape index (κ2) is 6.12. The van der Waals surface area contributed by atoms with Gasteiger partial charge in [0.1, 0.15) is 0 Å². The highest BCUT2D eigenvalue weighted by atomic mass is 32.2. The van der Waals surface area contributed by atoms with Gasteiger partial charge in [0.15, 0.2) is 0 Å². The molecule has 0 spiro atoms. The van der Waals surface area contributed by atoms with Gasteiger partial charge in [-0.25, -0.2) is 0 Å². The largest absolute Gasteiger partial charge is 0.317 e. The average molecular weight is 230 g/mol. The van der Waals surface area contributed by atoms with Crippen LogP contribution in [0, 0.1) is 5.92 Å². The minimum atomic E-state index is 0.706. The Hall–Kier alpha value is 0.270. The number of hydrogen-bond acceptors (Lipinski definition) is 3. The number of thioether (sulfide) groups is 1. The van der Waals surface area contributed by atoms with Crippen molar-refractivity contribution >= 4 is 11.8 Å². The van der Waals surface area contributed by atoms with Gasteiger partial charge in [0.25, 0.3) is 0 Å². The molecular weight excluding hydrogens is 204 g/mol. The van der Waals surface area contributed by atoms with Crippen molar-refractivity contribution in [2.24, 2.45) is 5.92 Å². The summed E-state index contributed by atoms with van der Waals surface area (Å²) in [4.78, 5) is 2.68. The molecular formula is C12H26N2S. The van der Waals surface area contributed by atoms with Crippen LogP contribution in [-0.2, 0) is 0 Å². The van der Waals surface area contributed by atoms with E-state index in [0.717, 1.165) is 12.0 Å². The van der Waals surface area contributed by atoms with Gasteiger partial charge in [0.05, 0.1) is 0 Å². The van der Waals surface area contributed by atoms with Gasteiger partial charge in [-0.15, -0.1) is 0 Å². The highest BCUT2D eigenvalue weighted by Gasteiger charge is 2.33. The smallest absolute Gasteiger partial charge is 0.0160 e. The lowest BCUT2D eigenvalue weighted by molar-refractivity contribution is 0.0629. The van der Waals surface area contributed by atoms with Gasteiger partial charge < -0.3 is 5.32 Å². The molecule has 1 rings (SSSR count). The zero-order valence-electron chi connectivity index (χ0n) is 10.8. The molecule has 0 saturated carbocycles. The molecule has 1 N–H and O–H groups in total. The zero-order valence-corrected chi connectivity index (χ0v) is 11.6. The van der Waals surface area contributed by atoms with Gasteiger partial charge in [-0.3, -0.25) is 4.90 Å². The van der Waals surface area contributed by atoms with Gasteiger partial charge in [-0.2, -0.15) is 11.8 Å². The van der Waals surface area contributed by atoms with Crippen LogP contribution in [0.25, 0.3) is 0 Å². The molecule has 1 aliphatic rings. The van der Waals surface area contributed by atoms with E-state index in [1.165, 1.54) is 18.7 Å². The summed E-state index contributed by atoms with van der Waals surface area (Å²) in [5.74, 6) is 2.01. The summed E-state index contributed by atoms with van der Waals surface area (Å²) in [5, 5.41) is 3.44. The highest BCUT2D eigenvalue weighted by molar-refractivity contribution is 7.98. The maximum atomic E-state index is 3.44. The molecule has 0 aromatic rings. The summed E-state index contributed by atoms with van der Waals surface area (Å²) in [6.07, 6.45) is 3.49. The van der Waals surface area contributed by atoms with Gasteiger partial charge in [-0.05, 0) is 39.5 Å². The highest BCUT2D eigenvalue weighted by Crippen LogP contribution is 2.25. The van der Waals surface area contributed by atoms with Crippen molar-refractivity contribution in [3.05, 3.63) is 0 Å². The zero-order chi connectivity index (χ0) is 11.4. The molecule has 1 fully saturated rings. The predicted molar refractivity (Wildman–Crippen MR) is 70.6 cm³/mol. The SMILES string of the molecule is CNC1CCN(C(C)CSC)C(C)C1C. The molecule has 15 heavy (non-hydrogen) atoms. The van der Waals surface area contributed by atoms with Crippen LogP contribution in [-0.4, -0.2) is 48.6 Å². The first-order valence-electron chi connectivity index (χ1n) is 6.03. The number of nitrogens with one attached hydrogen (secondary N) is 1. The van der Waals surface area contributed by atoms with Crippen molar-refractivity contribution in [1.82, 2.24) is 10.2 Å². The number of hydrogen-bond donors (Lipinski definition) is 1. The van der Waals surface area contributed by atoms with Crippen LogP contribution >= 0.6 is 11.8 Å². The van der Waals surface area contributed by atoms with E-state index in [2.05, 4.69) is 44.3 Å². The molecule has 4 atom stereocenters. The van der Waals surface area contributed by atoms with Crippen LogP contribution in [0.2, 0.25) is 0 Å². The van der Waals surface area contributed by atoms with Crippen LogP contribution < -0.4 is 5.32 Å². The molecule has 0 aromatic heterocycles. The van der Waals surface area contributed by atoms with Gasteiger partial charge >= 0.3 is 0 Å². The Labute approximate surface area is 99.2 Å². The van der Waals surface area contributed by atoms with Crippen LogP contribution in [0.5, 0.6) is 0 Å². The van der Waals surface area contributed by atoms with E-state index in [1.807, 2.05) is 11.8 Å². The van der Waals surface area contributed by atoms with Crippen LogP contribution in [0.15, 0.2) is 0 Å². The third kappa shape index (κ3) is 3.11. The topological polar surface area (TPSA) is 15.3 Å². The Kier molecular flexibility index (Phi) is 5.44. The number of piperidine rings is 1. The Morgan fingerprint density at radius 1 is 1.47 bits per heavy atom. The summed E-state index contributed by atoms with van der Waals surface area (Å²) in [6, 6.07) is 2.13. The summed E-state index contributed by atoms with van der Waals surface area (Å²) in [5.41, 5.74) is 0. The molecule has 4 unspecified atom stereocenters. The van der Waals surface area contributed by atoms with Crippen LogP contribution in [0.3, 0.4) is 0 Å². The van der Waals surface area contributed by atoms with Gasteiger partial charge in [0, 0.05) is 30.4 Å². The van der Waals surface area contributed by atoms with Gasteiger partial charge in [0.2, 0.25) is 0 Å². The Bertz CT molecular complexity index is 186. The van der Waals surface area contributed by atoms with E-state index in [0.29, 0.717) is 12.1 Å². The minimum Gasteiger partial charge on any atom is -0.317 e. The second-order valence-electron chi connectivity index (χ2n) is 4.83. The molecule has 0 aromatic carbocycles. The second-order valence-corrected chi connectivity index (χ2v) is 5.74. The summed E-state index contributed by atoms with van der Waals surface area (Å²) in [7, 11) is 2.09. The minimum absolute atomic E-state index is 0.706. The van der Waals surface area contributed by atoms with E-state index < -0.39 is 0 Å². The van der Waals surface area contributed by atoms with E-state index in [1.54, 1.807) is 0 Å². The average Bonchev–Trinajstić information content (AvgIpc) is 2.22. The lowest BCUT2D eigenvalue weighted by Gasteiger charge is -2.45. The van der Waals surface area contributed by atoms with Crippen molar-refractivity contribution < 1.29 is 0 Å². The third-order valence-corrected chi connectivity index (χ3v) is 4.78. The standard InChI is InChI=1S/C12H26N2S/c1-9(8-15-5)14-7-6-12(13-4)10(2)11(14)3/h9-13H,6-8H2,1-5H3. The summed E-state index contributed by atoms with van der Waals surface area (Å²) >= 11 is 1.96. The van der Waals surface area contributed by atoms with Crippen LogP contribution in [0.4, 0.5) is 0 Å². The maximum absolute atomic E-state index is 3.44. The first-order chi connectivity index (χ1) is 7.11. The van der Waals surface area contributed by atoms with Crippen molar-refractivity contribution in [2.75, 3.05) is 25.6 Å². The fourth-order valence-electron chi connectivity index (χ4n) is 2.76. The van der Waals surface area contributed by atoms with E-state index >= 15 is 0 Å². The molecule has 1 saturated heterocycles. The van der Waals surface area contributed by atoms with E-state index in [-0.39, 0.29) is 0 Å². The first-order valence-corrected chi connectivity index (χ1v) is 7.43. The maximum Gasteiger partial charge on any atom is 0.0160 e. The Morgan fingerprint density at radius 3 is 2.67 bits per heavy atom. The lowest BCUT2D eigenvalue weighted by atomic mass is 9.86. The number of rotatable bonds is 4. The molecule has 2 nitrogen and oxygen atoms in total. The van der Waals surface area contributed by atoms with Crippen molar-refractivity contribution in [2.45, 2.75) is 45.3 Å². The Balaban J connectivity index is 2.55. The van der Waals surface area contributed by atoms with Crippen molar-refractivity contribution in [3.8, 4) is 0 Å².